The van der Waals surface area contributed by atoms with Gasteiger partial charge in [-0.15, -0.1) is 0 Å². The van der Waals surface area contributed by atoms with E-state index in [-0.39, 0.29) is 5.69 Å². The lowest BCUT2D eigenvalue weighted by Gasteiger charge is -1.98. The molecule has 0 amide bonds. The highest BCUT2D eigenvalue weighted by Crippen LogP contribution is 2.22. The van der Waals surface area contributed by atoms with Crippen molar-refractivity contribution in [1.82, 2.24) is 19.7 Å². The number of fused-ring (bicyclic) bond motifs is 1. The molecule has 2 heterocycles. The van der Waals surface area contributed by atoms with Crippen molar-refractivity contribution in [1.29, 1.82) is 0 Å². The number of nitrogen functional groups attached to an aromatic ring is 1. The minimum atomic E-state index is -0.124. The number of nitrogens with one attached hydrogen (secondary N) is 2. The Bertz CT molecular complexity index is 749. The van der Waals surface area contributed by atoms with Gasteiger partial charge >= 0.3 is 5.69 Å². The average Bonchev–Trinajstić information content (AvgIpc) is 2.85. The van der Waals surface area contributed by atoms with Crippen LogP contribution in [-0.2, 0) is 7.05 Å². The summed E-state index contributed by atoms with van der Waals surface area (Å²) in [5.74, 6) is 0.446. The molecule has 0 aliphatic rings. The van der Waals surface area contributed by atoms with Gasteiger partial charge in [0.1, 0.15) is 5.82 Å². The SMILES string of the molecule is Cn1c(=O)[nH]c2cc(-c3cc(N)n[nH]3)ccc21. The summed E-state index contributed by atoms with van der Waals surface area (Å²) in [5.41, 5.74) is 8.85. The van der Waals surface area contributed by atoms with Gasteiger partial charge in [-0.2, -0.15) is 5.10 Å². The van der Waals surface area contributed by atoms with E-state index < -0.39 is 0 Å². The van der Waals surface area contributed by atoms with E-state index in [1.807, 2.05) is 18.2 Å². The number of imidazole rings is 1. The predicted octanol–water partition coefficient (Wildman–Crippen LogP) is 0.839. The second-order valence-corrected chi connectivity index (χ2v) is 3.93. The second kappa shape index (κ2) is 3.24. The van der Waals surface area contributed by atoms with E-state index in [0.717, 1.165) is 22.3 Å². The lowest BCUT2D eigenvalue weighted by Crippen LogP contribution is -2.11. The van der Waals surface area contributed by atoms with Crippen LogP contribution < -0.4 is 11.4 Å². The Morgan fingerprint density at radius 2 is 2.18 bits per heavy atom. The van der Waals surface area contributed by atoms with Crippen LogP contribution in [0, 0.1) is 0 Å². The third-order valence-electron chi connectivity index (χ3n) is 2.81. The number of nitrogens with two attached hydrogens (primary N) is 1. The zero-order valence-corrected chi connectivity index (χ0v) is 9.19. The Morgan fingerprint density at radius 3 is 2.88 bits per heavy atom. The number of aromatic amines is 2. The van der Waals surface area contributed by atoms with Gasteiger partial charge in [-0.05, 0) is 12.1 Å². The number of benzene rings is 1. The van der Waals surface area contributed by atoms with E-state index in [1.54, 1.807) is 17.7 Å². The molecular weight excluding hydrogens is 218 g/mol. The number of aromatic nitrogens is 4. The van der Waals surface area contributed by atoms with E-state index in [9.17, 15) is 4.79 Å². The number of H-pyrrole nitrogens is 2. The summed E-state index contributed by atoms with van der Waals surface area (Å²) in [6.07, 6.45) is 0. The van der Waals surface area contributed by atoms with Crippen molar-refractivity contribution in [3.05, 3.63) is 34.7 Å². The van der Waals surface area contributed by atoms with Gasteiger partial charge in [-0.25, -0.2) is 4.79 Å². The van der Waals surface area contributed by atoms with Crippen molar-refractivity contribution < 1.29 is 0 Å². The summed E-state index contributed by atoms with van der Waals surface area (Å²) >= 11 is 0. The highest BCUT2D eigenvalue weighted by Gasteiger charge is 2.06. The molecule has 4 N–H and O–H groups in total. The molecule has 0 saturated heterocycles. The largest absolute Gasteiger partial charge is 0.382 e. The molecule has 0 bridgehead atoms. The summed E-state index contributed by atoms with van der Waals surface area (Å²) in [4.78, 5) is 14.2. The fourth-order valence-electron chi connectivity index (χ4n) is 1.89. The highest BCUT2D eigenvalue weighted by molar-refractivity contribution is 5.81. The van der Waals surface area contributed by atoms with E-state index >= 15 is 0 Å². The number of hydrogen-bond donors (Lipinski definition) is 3. The van der Waals surface area contributed by atoms with Gasteiger partial charge in [0, 0.05) is 18.7 Å². The molecule has 1 aromatic carbocycles. The van der Waals surface area contributed by atoms with Crippen molar-refractivity contribution in [2.24, 2.45) is 7.05 Å². The molecule has 0 unspecified atom stereocenters. The molecule has 0 atom stereocenters. The van der Waals surface area contributed by atoms with Crippen LogP contribution in [0.3, 0.4) is 0 Å². The normalized spacial score (nSPS) is 11.1. The molecule has 0 spiro atoms. The summed E-state index contributed by atoms with van der Waals surface area (Å²) < 4.78 is 1.57. The Hall–Kier alpha value is -2.50. The minimum absolute atomic E-state index is 0.124. The van der Waals surface area contributed by atoms with Crippen LogP contribution in [0.15, 0.2) is 29.1 Å². The Labute approximate surface area is 96.1 Å². The zero-order chi connectivity index (χ0) is 12.0. The number of nitrogens with zero attached hydrogens (tertiary/aromatic N) is 2. The number of anilines is 1. The molecule has 17 heavy (non-hydrogen) atoms. The van der Waals surface area contributed by atoms with Gasteiger partial charge in [-0.3, -0.25) is 9.67 Å². The lowest BCUT2D eigenvalue weighted by molar-refractivity contribution is 0.891. The van der Waals surface area contributed by atoms with Gasteiger partial charge in [0.25, 0.3) is 0 Å². The van der Waals surface area contributed by atoms with Crippen molar-refractivity contribution in [2.45, 2.75) is 0 Å². The van der Waals surface area contributed by atoms with Crippen LogP contribution >= 0.6 is 0 Å². The molecule has 86 valence electrons. The highest BCUT2D eigenvalue weighted by atomic mass is 16.1. The van der Waals surface area contributed by atoms with Crippen molar-refractivity contribution in [2.75, 3.05) is 5.73 Å². The summed E-state index contributed by atoms with van der Waals surface area (Å²) in [6.45, 7) is 0. The summed E-state index contributed by atoms with van der Waals surface area (Å²) in [5, 5.41) is 6.71. The Balaban J connectivity index is 2.23. The predicted molar refractivity (Wildman–Crippen MR) is 65.5 cm³/mol. The van der Waals surface area contributed by atoms with Crippen LogP contribution in [0.5, 0.6) is 0 Å². The molecule has 3 rings (SSSR count). The topological polar surface area (TPSA) is 92.5 Å². The number of aryl methyl sites for hydroxylation is 1. The molecule has 0 fully saturated rings. The van der Waals surface area contributed by atoms with Crippen molar-refractivity contribution >= 4 is 16.9 Å². The van der Waals surface area contributed by atoms with Crippen LogP contribution in [-0.4, -0.2) is 19.7 Å². The Kier molecular flexibility index (Phi) is 1.85. The quantitative estimate of drug-likeness (QED) is 0.577. The molecule has 3 aromatic rings. The first-order valence-electron chi connectivity index (χ1n) is 5.15. The molecule has 0 aliphatic heterocycles. The summed E-state index contributed by atoms with van der Waals surface area (Å²) in [6, 6.07) is 7.45. The molecule has 0 aliphatic carbocycles. The molecular formula is C11H11N5O. The van der Waals surface area contributed by atoms with Crippen LogP contribution in [0.25, 0.3) is 22.3 Å². The van der Waals surface area contributed by atoms with Crippen LogP contribution in [0.1, 0.15) is 0 Å². The van der Waals surface area contributed by atoms with Gasteiger partial charge in [0.2, 0.25) is 0 Å². The monoisotopic (exact) mass is 229 g/mol. The van der Waals surface area contributed by atoms with Crippen molar-refractivity contribution in [3.8, 4) is 11.3 Å². The van der Waals surface area contributed by atoms with Gasteiger partial charge < -0.3 is 10.7 Å². The fraction of sp³-hybridized carbons (Fsp3) is 0.0909. The third kappa shape index (κ3) is 1.42. The molecule has 0 radical (unpaired) electrons. The first kappa shape index (κ1) is 9.71. The maximum Gasteiger partial charge on any atom is 0.326 e. The minimum Gasteiger partial charge on any atom is -0.382 e. The van der Waals surface area contributed by atoms with E-state index in [1.165, 1.54) is 0 Å². The summed E-state index contributed by atoms with van der Waals surface area (Å²) in [7, 11) is 1.73. The lowest BCUT2D eigenvalue weighted by atomic mass is 10.1. The standard InChI is InChI=1S/C11H11N5O/c1-16-9-3-2-6(4-8(9)13-11(16)17)7-5-10(12)15-14-7/h2-5H,1H3,(H,13,17)(H3,12,14,15). The van der Waals surface area contributed by atoms with Crippen molar-refractivity contribution in [3.63, 3.8) is 0 Å². The fourth-order valence-corrected chi connectivity index (χ4v) is 1.89. The number of rotatable bonds is 1. The van der Waals surface area contributed by atoms with E-state index in [2.05, 4.69) is 15.2 Å². The van der Waals surface area contributed by atoms with Crippen LogP contribution in [0.4, 0.5) is 5.82 Å². The first-order valence-corrected chi connectivity index (χ1v) is 5.15. The average molecular weight is 229 g/mol. The van der Waals surface area contributed by atoms with Gasteiger partial charge in [0.05, 0.1) is 16.7 Å². The molecule has 6 heteroatoms. The maximum atomic E-state index is 11.5. The number of hydrogen-bond acceptors (Lipinski definition) is 3. The first-order chi connectivity index (χ1) is 8.15. The second-order valence-electron chi connectivity index (χ2n) is 3.93. The molecule has 0 saturated carbocycles. The van der Waals surface area contributed by atoms with E-state index in [0.29, 0.717) is 5.82 Å². The third-order valence-corrected chi connectivity index (χ3v) is 2.81. The smallest absolute Gasteiger partial charge is 0.326 e. The van der Waals surface area contributed by atoms with Crippen LogP contribution in [0.2, 0.25) is 0 Å². The maximum absolute atomic E-state index is 11.5. The zero-order valence-electron chi connectivity index (χ0n) is 9.19. The van der Waals surface area contributed by atoms with E-state index in [4.69, 9.17) is 5.73 Å². The molecule has 2 aromatic heterocycles. The Morgan fingerprint density at radius 1 is 1.35 bits per heavy atom. The van der Waals surface area contributed by atoms with Gasteiger partial charge in [-0.1, -0.05) is 6.07 Å². The van der Waals surface area contributed by atoms with Gasteiger partial charge in [0.15, 0.2) is 0 Å². The molecule has 6 nitrogen and oxygen atoms in total.